The number of nitrogens with zero attached hydrogens (tertiary/aromatic N) is 2. The predicted octanol–water partition coefficient (Wildman–Crippen LogP) is 1.90. The Hall–Kier alpha value is -1.30. The molecule has 1 amide bonds. The van der Waals surface area contributed by atoms with Gasteiger partial charge in [-0.3, -0.25) is 9.79 Å². The Morgan fingerprint density at radius 2 is 1.92 bits per heavy atom. The molecule has 3 rings (SSSR count). The van der Waals surface area contributed by atoms with E-state index < -0.39 is 0 Å². The van der Waals surface area contributed by atoms with Crippen LogP contribution in [0.25, 0.3) is 0 Å². The number of aliphatic imine (C=N–C) groups is 1. The zero-order valence-electron chi connectivity index (χ0n) is 16.0. The molecule has 1 heterocycles. The first-order valence-corrected chi connectivity index (χ1v) is 9.96. The van der Waals surface area contributed by atoms with Crippen LogP contribution in [0, 0.1) is 5.41 Å². The number of amides is 1. The normalized spacial score (nSPS) is 29.6. The van der Waals surface area contributed by atoms with Gasteiger partial charge in [0, 0.05) is 51.2 Å². The molecule has 0 radical (unpaired) electrons. The molecular weight excluding hydrogens is 316 g/mol. The number of guanidine groups is 1. The lowest BCUT2D eigenvalue weighted by Crippen LogP contribution is -2.65. The fourth-order valence-corrected chi connectivity index (χ4v) is 4.96. The van der Waals surface area contributed by atoms with Crippen LogP contribution in [-0.2, 0) is 9.53 Å². The molecule has 2 aliphatic carbocycles. The molecule has 0 bridgehead atoms. The molecule has 25 heavy (non-hydrogen) atoms. The molecular formula is C19H34N4O2. The van der Waals surface area contributed by atoms with Gasteiger partial charge in [-0.05, 0) is 39.0 Å². The van der Waals surface area contributed by atoms with E-state index in [9.17, 15) is 4.79 Å². The molecule has 6 nitrogen and oxygen atoms in total. The standard InChI is InChI=1S/C19H34N4O2/c1-4-25-17-13-16(19(17)9-5-6-10-19)22-18(20-3)21-15-7-11-23(12-8-15)14(2)24/h15-17H,4-13H2,1-3H3,(H2,20,21,22). The molecule has 1 aliphatic heterocycles. The van der Waals surface area contributed by atoms with Gasteiger partial charge in [0.05, 0.1) is 6.10 Å². The second-order valence-electron chi connectivity index (χ2n) is 7.81. The molecule has 2 unspecified atom stereocenters. The highest BCUT2D eigenvalue weighted by Crippen LogP contribution is 2.54. The van der Waals surface area contributed by atoms with Gasteiger partial charge in [0.25, 0.3) is 0 Å². The van der Waals surface area contributed by atoms with Crippen LogP contribution in [-0.4, -0.2) is 61.7 Å². The van der Waals surface area contributed by atoms with Crippen LogP contribution in [0.3, 0.4) is 0 Å². The van der Waals surface area contributed by atoms with Crippen molar-refractivity contribution in [1.82, 2.24) is 15.5 Å². The van der Waals surface area contributed by atoms with Crippen LogP contribution in [0.1, 0.15) is 58.8 Å². The quantitative estimate of drug-likeness (QED) is 0.600. The molecule has 2 saturated carbocycles. The summed E-state index contributed by atoms with van der Waals surface area (Å²) in [5, 5.41) is 7.26. The van der Waals surface area contributed by atoms with Crippen LogP contribution >= 0.6 is 0 Å². The lowest BCUT2D eigenvalue weighted by atomic mass is 9.60. The summed E-state index contributed by atoms with van der Waals surface area (Å²) < 4.78 is 6.01. The van der Waals surface area contributed by atoms with Crippen molar-refractivity contribution >= 4 is 11.9 Å². The second kappa shape index (κ2) is 7.94. The average Bonchev–Trinajstić information content (AvgIpc) is 3.13. The van der Waals surface area contributed by atoms with Gasteiger partial charge in [-0.15, -0.1) is 0 Å². The van der Waals surface area contributed by atoms with E-state index in [-0.39, 0.29) is 5.91 Å². The largest absolute Gasteiger partial charge is 0.378 e. The monoisotopic (exact) mass is 350 g/mol. The van der Waals surface area contributed by atoms with E-state index in [1.165, 1.54) is 25.7 Å². The third-order valence-corrected chi connectivity index (χ3v) is 6.50. The number of rotatable bonds is 4. The number of carbonyl (C=O) groups is 1. The van der Waals surface area contributed by atoms with Crippen molar-refractivity contribution in [2.45, 2.75) is 77.0 Å². The lowest BCUT2D eigenvalue weighted by Gasteiger charge is -2.54. The number of ether oxygens (including phenoxy) is 1. The smallest absolute Gasteiger partial charge is 0.219 e. The highest BCUT2D eigenvalue weighted by atomic mass is 16.5. The van der Waals surface area contributed by atoms with Crippen molar-refractivity contribution in [3.05, 3.63) is 0 Å². The molecule has 1 spiro atoms. The molecule has 0 aromatic rings. The zero-order chi connectivity index (χ0) is 17.9. The lowest BCUT2D eigenvalue weighted by molar-refractivity contribution is -0.129. The first-order valence-electron chi connectivity index (χ1n) is 9.96. The molecule has 2 atom stereocenters. The van der Waals surface area contributed by atoms with E-state index in [1.54, 1.807) is 6.92 Å². The van der Waals surface area contributed by atoms with Gasteiger partial charge in [0.15, 0.2) is 5.96 Å². The van der Waals surface area contributed by atoms with E-state index in [0.29, 0.717) is 23.6 Å². The SMILES string of the molecule is CCOC1CC(NC(=NC)NC2CCN(C(C)=O)CC2)C12CCCC2. The highest BCUT2D eigenvalue weighted by molar-refractivity contribution is 5.80. The minimum absolute atomic E-state index is 0.181. The number of piperidine rings is 1. The predicted molar refractivity (Wildman–Crippen MR) is 99.6 cm³/mol. The van der Waals surface area contributed by atoms with Gasteiger partial charge in [-0.1, -0.05) is 12.8 Å². The summed E-state index contributed by atoms with van der Waals surface area (Å²) in [5.41, 5.74) is 0.311. The van der Waals surface area contributed by atoms with E-state index >= 15 is 0 Å². The van der Waals surface area contributed by atoms with Gasteiger partial charge >= 0.3 is 0 Å². The van der Waals surface area contributed by atoms with Crippen LogP contribution in [0.15, 0.2) is 4.99 Å². The Morgan fingerprint density at radius 3 is 2.48 bits per heavy atom. The summed E-state index contributed by atoms with van der Waals surface area (Å²) in [6, 6.07) is 0.860. The summed E-state index contributed by atoms with van der Waals surface area (Å²) in [7, 11) is 1.85. The Kier molecular flexibility index (Phi) is 5.87. The molecule has 3 aliphatic rings. The van der Waals surface area contributed by atoms with Crippen molar-refractivity contribution < 1.29 is 9.53 Å². The van der Waals surface area contributed by atoms with Gasteiger partial charge in [-0.25, -0.2) is 0 Å². The Morgan fingerprint density at radius 1 is 1.24 bits per heavy atom. The number of hydrogen-bond donors (Lipinski definition) is 2. The summed E-state index contributed by atoms with van der Waals surface area (Å²) in [6.45, 7) is 6.23. The summed E-state index contributed by atoms with van der Waals surface area (Å²) in [6.07, 6.45) is 8.63. The first kappa shape index (κ1) is 18.5. The number of likely N-dealkylation sites (tertiary alicyclic amines) is 1. The topological polar surface area (TPSA) is 66.0 Å². The molecule has 2 N–H and O–H groups in total. The maximum absolute atomic E-state index is 11.5. The fraction of sp³-hybridized carbons (Fsp3) is 0.895. The van der Waals surface area contributed by atoms with Crippen LogP contribution in [0.4, 0.5) is 0 Å². The minimum atomic E-state index is 0.181. The molecule has 0 aromatic carbocycles. The van der Waals surface area contributed by atoms with Crippen LogP contribution < -0.4 is 10.6 Å². The summed E-state index contributed by atoms with van der Waals surface area (Å²) in [5.74, 6) is 1.09. The number of hydrogen-bond acceptors (Lipinski definition) is 3. The molecule has 0 aromatic heterocycles. The first-order chi connectivity index (χ1) is 12.1. The molecule has 142 valence electrons. The van der Waals surface area contributed by atoms with E-state index in [2.05, 4.69) is 22.5 Å². The van der Waals surface area contributed by atoms with Crippen molar-refractivity contribution in [3.8, 4) is 0 Å². The van der Waals surface area contributed by atoms with E-state index in [4.69, 9.17) is 4.74 Å². The summed E-state index contributed by atoms with van der Waals surface area (Å²) in [4.78, 5) is 17.8. The highest BCUT2D eigenvalue weighted by Gasteiger charge is 2.57. The molecule has 3 fully saturated rings. The van der Waals surface area contributed by atoms with Crippen molar-refractivity contribution in [2.75, 3.05) is 26.7 Å². The molecule has 6 heteroatoms. The minimum Gasteiger partial charge on any atom is -0.378 e. The van der Waals surface area contributed by atoms with E-state index in [0.717, 1.165) is 44.9 Å². The zero-order valence-corrected chi connectivity index (χ0v) is 16.0. The summed E-state index contributed by atoms with van der Waals surface area (Å²) >= 11 is 0. The average molecular weight is 351 g/mol. The third-order valence-electron chi connectivity index (χ3n) is 6.50. The maximum atomic E-state index is 11.5. The van der Waals surface area contributed by atoms with Crippen molar-refractivity contribution in [3.63, 3.8) is 0 Å². The molecule has 1 saturated heterocycles. The van der Waals surface area contributed by atoms with Gasteiger partial charge in [0.2, 0.25) is 5.91 Å². The number of nitrogens with one attached hydrogen (secondary N) is 2. The Bertz CT molecular complexity index is 494. The van der Waals surface area contributed by atoms with Crippen LogP contribution in [0.2, 0.25) is 0 Å². The van der Waals surface area contributed by atoms with E-state index in [1.807, 2.05) is 11.9 Å². The van der Waals surface area contributed by atoms with Gasteiger partial charge in [0.1, 0.15) is 0 Å². The Balaban J connectivity index is 1.52. The van der Waals surface area contributed by atoms with Crippen molar-refractivity contribution in [1.29, 1.82) is 0 Å². The maximum Gasteiger partial charge on any atom is 0.219 e. The van der Waals surface area contributed by atoms with Gasteiger partial charge < -0.3 is 20.3 Å². The number of carbonyl (C=O) groups excluding carboxylic acids is 1. The van der Waals surface area contributed by atoms with Crippen molar-refractivity contribution in [2.24, 2.45) is 10.4 Å². The third kappa shape index (κ3) is 3.78. The second-order valence-corrected chi connectivity index (χ2v) is 7.81. The Labute approximate surface area is 151 Å². The fourth-order valence-electron chi connectivity index (χ4n) is 4.96. The van der Waals surface area contributed by atoms with Gasteiger partial charge in [-0.2, -0.15) is 0 Å². The van der Waals surface area contributed by atoms with Crippen LogP contribution in [0.5, 0.6) is 0 Å².